The number of benzene rings is 1. The van der Waals surface area contributed by atoms with Crippen molar-refractivity contribution in [2.45, 2.75) is 33.2 Å². The van der Waals surface area contributed by atoms with E-state index in [9.17, 15) is 0 Å². The van der Waals surface area contributed by atoms with Crippen molar-refractivity contribution in [1.29, 1.82) is 0 Å². The van der Waals surface area contributed by atoms with Gasteiger partial charge in [0.15, 0.2) is 5.96 Å². The molecule has 1 saturated carbocycles. The average Bonchev–Trinajstić information content (AvgIpc) is 3.40. The largest absolute Gasteiger partial charge is 0.493 e. The first-order valence-corrected chi connectivity index (χ1v) is 8.56. The third-order valence-corrected chi connectivity index (χ3v) is 3.83. The molecule has 1 aromatic carbocycles. The third-order valence-electron chi connectivity index (χ3n) is 3.83. The Morgan fingerprint density at radius 3 is 2.83 bits per heavy atom. The molecule has 0 aliphatic heterocycles. The monoisotopic (exact) mass is 319 g/mol. The van der Waals surface area contributed by atoms with Crippen molar-refractivity contribution in [3.8, 4) is 5.75 Å². The second-order valence-electron chi connectivity index (χ2n) is 6.23. The molecule has 0 heterocycles. The van der Waals surface area contributed by atoms with Crippen molar-refractivity contribution in [3.63, 3.8) is 0 Å². The van der Waals surface area contributed by atoms with Gasteiger partial charge in [-0.05, 0) is 37.7 Å². The van der Waals surface area contributed by atoms with Crippen molar-refractivity contribution < 1.29 is 9.84 Å². The van der Waals surface area contributed by atoms with Gasteiger partial charge in [0, 0.05) is 25.3 Å². The molecule has 128 valence electrons. The van der Waals surface area contributed by atoms with Gasteiger partial charge < -0.3 is 20.5 Å². The normalized spacial score (nSPS) is 16.0. The van der Waals surface area contributed by atoms with E-state index in [0.29, 0.717) is 13.1 Å². The van der Waals surface area contributed by atoms with Crippen LogP contribution in [0.1, 0.15) is 32.3 Å². The Morgan fingerprint density at radius 1 is 1.35 bits per heavy atom. The van der Waals surface area contributed by atoms with Crippen LogP contribution in [0.4, 0.5) is 0 Å². The first kappa shape index (κ1) is 17.6. The van der Waals surface area contributed by atoms with Crippen molar-refractivity contribution in [1.82, 2.24) is 10.6 Å². The highest BCUT2D eigenvalue weighted by Crippen LogP contribution is 2.30. The topological polar surface area (TPSA) is 65.9 Å². The molecule has 0 amide bonds. The number of aliphatic hydroxyl groups is 1. The lowest BCUT2D eigenvalue weighted by atomic mass is 10.2. The van der Waals surface area contributed by atoms with Crippen LogP contribution in [0.15, 0.2) is 29.3 Å². The highest BCUT2D eigenvalue weighted by atomic mass is 16.5. The summed E-state index contributed by atoms with van der Waals surface area (Å²) >= 11 is 0. The summed E-state index contributed by atoms with van der Waals surface area (Å²) in [4.78, 5) is 4.63. The minimum absolute atomic E-state index is 0.171. The number of rotatable bonds is 9. The Balaban J connectivity index is 1.93. The van der Waals surface area contributed by atoms with E-state index in [1.807, 2.05) is 32.0 Å². The SMILES string of the molecule is CCNC(=NCc1ccccc1OCC1CC1)NCC(C)CO. The molecule has 1 aliphatic rings. The smallest absolute Gasteiger partial charge is 0.191 e. The number of nitrogens with one attached hydrogen (secondary N) is 2. The summed E-state index contributed by atoms with van der Waals surface area (Å²) in [6.45, 7) is 7.10. The summed E-state index contributed by atoms with van der Waals surface area (Å²) in [5, 5.41) is 15.6. The molecule has 2 rings (SSSR count). The predicted molar refractivity (Wildman–Crippen MR) is 93.7 cm³/mol. The quantitative estimate of drug-likeness (QED) is 0.482. The second-order valence-corrected chi connectivity index (χ2v) is 6.23. The Labute approximate surface area is 139 Å². The fourth-order valence-corrected chi connectivity index (χ4v) is 2.11. The van der Waals surface area contributed by atoms with Crippen molar-refractivity contribution in [2.75, 3.05) is 26.3 Å². The van der Waals surface area contributed by atoms with Gasteiger partial charge in [-0.1, -0.05) is 25.1 Å². The van der Waals surface area contributed by atoms with Crippen LogP contribution in [-0.2, 0) is 6.54 Å². The lowest BCUT2D eigenvalue weighted by Crippen LogP contribution is -2.39. The molecule has 0 radical (unpaired) electrons. The standard InChI is InChI=1S/C18H29N3O2/c1-3-19-18(20-10-14(2)12-22)21-11-16-6-4-5-7-17(16)23-13-15-8-9-15/h4-7,14-15,22H,3,8-13H2,1-2H3,(H2,19,20,21). The van der Waals surface area contributed by atoms with Gasteiger partial charge in [0.25, 0.3) is 0 Å². The lowest BCUT2D eigenvalue weighted by molar-refractivity contribution is 0.238. The molecule has 5 heteroatoms. The van der Waals surface area contributed by atoms with Gasteiger partial charge in [-0.25, -0.2) is 4.99 Å². The van der Waals surface area contributed by atoms with Crippen LogP contribution in [0, 0.1) is 11.8 Å². The molecule has 0 saturated heterocycles. The third kappa shape index (κ3) is 6.48. The molecule has 0 aromatic heterocycles. The first-order valence-electron chi connectivity index (χ1n) is 8.56. The van der Waals surface area contributed by atoms with Crippen LogP contribution >= 0.6 is 0 Å². The number of hydrogen-bond donors (Lipinski definition) is 3. The van der Waals surface area contributed by atoms with Crippen LogP contribution in [0.25, 0.3) is 0 Å². The Bertz CT molecular complexity index is 501. The maximum atomic E-state index is 9.11. The molecule has 1 unspecified atom stereocenters. The fourth-order valence-electron chi connectivity index (χ4n) is 2.11. The van der Waals surface area contributed by atoms with Crippen LogP contribution in [-0.4, -0.2) is 37.4 Å². The van der Waals surface area contributed by atoms with E-state index >= 15 is 0 Å². The lowest BCUT2D eigenvalue weighted by Gasteiger charge is -2.15. The van der Waals surface area contributed by atoms with E-state index in [4.69, 9.17) is 9.84 Å². The van der Waals surface area contributed by atoms with Crippen LogP contribution in [0.5, 0.6) is 5.75 Å². The molecular formula is C18H29N3O2. The van der Waals surface area contributed by atoms with E-state index < -0.39 is 0 Å². The van der Waals surface area contributed by atoms with Gasteiger partial charge in [-0.2, -0.15) is 0 Å². The highest BCUT2D eigenvalue weighted by Gasteiger charge is 2.22. The van der Waals surface area contributed by atoms with Gasteiger partial charge in [0.05, 0.1) is 13.2 Å². The van der Waals surface area contributed by atoms with Crippen molar-refractivity contribution in [3.05, 3.63) is 29.8 Å². The molecule has 23 heavy (non-hydrogen) atoms. The number of aliphatic hydroxyl groups excluding tert-OH is 1. The van der Waals surface area contributed by atoms with Gasteiger partial charge in [0.1, 0.15) is 5.75 Å². The zero-order valence-corrected chi connectivity index (χ0v) is 14.2. The Hall–Kier alpha value is -1.75. The molecular weight excluding hydrogens is 290 g/mol. The molecule has 3 N–H and O–H groups in total. The van der Waals surface area contributed by atoms with Crippen LogP contribution in [0.3, 0.4) is 0 Å². The van der Waals surface area contributed by atoms with Gasteiger partial charge in [-0.3, -0.25) is 0 Å². The number of ether oxygens (including phenoxy) is 1. The van der Waals surface area contributed by atoms with Gasteiger partial charge in [-0.15, -0.1) is 0 Å². The number of hydrogen-bond acceptors (Lipinski definition) is 3. The maximum Gasteiger partial charge on any atom is 0.191 e. The van der Waals surface area contributed by atoms with E-state index in [2.05, 4.69) is 21.7 Å². The summed E-state index contributed by atoms with van der Waals surface area (Å²) in [5.41, 5.74) is 1.10. The average molecular weight is 319 g/mol. The first-order chi connectivity index (χ1) is 11.2. The zero-order chi connectivity index (χ0) is 16.5. The fraction of sp³-hybridized carbons (Fsp3) is 0.611. The van der Waals surface area contributed by atoms with Crippen molar-refractivity contribution >= 4 is 5.96 Å². The summed E-state index contributed by atoms with van der Waals surface area (Å²) in [6.07, 6.45) is 2.58. The van der Waals surface area contributed by atoms with Crippen molar-refractivity contribution in [2.24, 2.45) is 16.8 Å². The van der Waals surface area contributed by atoms with E-state index in [1.165, 1.54) is 12.8 Å². The van der Waals surface area contributed by atoms with Gasteiger partial charge >= 0.3 is 0 Å². The predicted octanol–water partition coefficient (Wildman–Crippen LogP) is 2.16. The number of aliphatic imine (C=N–C) groups is 1. The molecule has 0 bridgehead atoms. The minimum atomic E-state index is 0.171. The molecule has 1 aliphatic carbocycles. The minimum Gasteiger partial charge on any atom is -0.493 e. The summed E-state index contributed by atoms with van der Waals surface area (Å²) in [7, 11) is 0. The highest BCUT2D eigenvalue weighted by molar-refractivity contribution is 5.79. The van der Waals surface area contributed by atoms with E-state index in [1.54, 1.807) is 0 Å². The van der Waals surface area contributed by atoms with Crippen LogP contribution in [0.2, 0.25) is 0 Å². The Kier molecular flexibility index (Phi) is 7.20. The zero-order valence-electron chi connectivity index (χ0n) is 14.2. The Morgan fingerprint density at radius 2 is 2.13 bits per heavy atom. The molecule has 5 nitrogen and oxygen atoms in total. The summed E-state index contributed by atoms with van der Waals surface area (Å²) in [6, 6.07) is 8.10. The van der Waals surface area contributed by atoms with Crippen LogP contribution < -0.4 is 15.4 Å². The summed E-state index contributed by atoms with van der Waals surface area (Å²) < 4.78 is 5.93. The van der Waals surface area contributed by atoms with Gasteiger partial charge in [0.2, 0.25) is 0 Å². The number of para-hydroxylation sites is 1. The second kappa shape index (κ2) is 9.40. The molecule has 1 atom stereocenters. The number of nitrogens with zero attached hydrogens (tertiary/aromatic N) is 1. The summed E-state index contributed by atoms with van der Waals surface area (Å²) in [5.74, 6) is 2.64. The molecule has 0 spiro atoms. The number of guanidine groups is 1. The maximum absolute atomic E-state index is 9.11. The molecule has 1 fully saturated rings. The molecule has 1 aromatic rings. The van der Waals surface area contributed by atoms with E-state index in [-0.39, 0.29) is 12.5 Å². The van der Waals surface area contributed by atoms with E-state index in [0.717, 1.165) is 36.3 Å².